The van der Waals surface area contributed by atoms with E-state index in [1.54, 1.807) is 0 Å². The first kappa shape index (κ1) is 17.8. The minimum atomic E-state index is -3.95. The summed E-state index contributed by atoms with van der Waals surface area (Å²) >= 11 is 5.85. The molecule has 0 amide bonds. The summed E-state index contributed by atoms with van der Waals surface area (Å²) < 4.78 is 45.7. The van der Waals surface area contributed by atoms with Crippen molar-refractivity contribution >= 4 is 17.3 Å². The van der Waals surface area contributed by atoms with Crippen molar-refractivity contribution in [2.75, 3.05) is 11.6 Å². The molecule has 2 heterocycles. The zero-order valence-corrected chi connectivity index (χ0v) is 13.5. The van der Waals surface area contributed by atoms with Crippen LogP contribution in [0.2, 0.25) is 5.02 Å². The number of para-hydroxylation sites is 1. The standard InChI is InChI=1S/C16H14ClF3N2O3/c17-10-4-9(6-21-7-10)8-22-12-3-1-2-11(13(23)5-18)14(12)25-16(19,20)15(22)24/h1-4,6-7,13,15,23-24H,5,8H2/t13-,15?/m0/s1. The van der Waals surface area contributed by atoms with Crippen LogP contribution in [-0.4, -0.2) is 34.2 Å². The summed E-state index contributed by atoms with van der Waals surface area (Å²) in [5, 5.41) is 20.1. The van der Waals surface area contributed by atoms with Crippen molar-refractivity contribution in [2.24, 2.45) is 0 Å². The lowest BCUT2D eigenvalue weighted by Crippen LogP contribution is -2.54. The van der Waals surface area contributed by atoms with Crippen LogP contribution in [0.3, 0.4) is 0 Å². The highest BCUT2D eigenvalue weighted by atomic mass is 35.5. The molecule has 2 N–H and O–H groups in total. The number of alkyl halides is 3. The highest BCUT2D eigenvalue weighted by Crippen LogP contribution is 2.45. The molecule has 5 nitrogen and oxygen atoms in total. The molecule has 2 aromatic rings. The van der Waals surface area contributed by atoms with Gasteiger partial charge in [-0.25, -0.2) is 4.39 Å². The fourth-order valence-corrected chi connectivity index (χ4v) is 2.83. The molecule has 0 fully saturated rings. The van der Waals surface area contributed by atoms with Gasteiger partial charge in [0.05, 0.1) is 10.7 Å². The maximum absolute atomic E-state index is 14.1. The molecule has 1 aromatic carbocycles. The number of pyridine rings is 1. The van der Waals surface area contributed by atoms with Crippen LogP contribution in [0.5, 0.6) is 5.75 Å². The van der Waals surface area contributed by atoms with Crippen LogP contribution in [0.1, 0.15) is 17.2 Å². The number of anilines is 1. The number of hydrogen-bond donors (Lipinski definition) is 2. The van der Waals surface area contributed by atoms with E-state index in [2.05, 4.69) is 9.72 Å². The third-order valence-electron chi connectivity index (χ3n) is 3.79. The number of nitrogens with zero attached hydrogens (tertiary/aromatic N) is 2. The topological polar surface area (TPSA) is 65.8 Å². The van der Waals surface area contributed by atoms with Gasteiger partial charge in [-0.2, -0.15) is 8.78 Å². The third kappa shape index (κ3) is 3.37. The second kappa shape index (κ2) is 6.70. The van der Waals surface area contributed by atoms with Gasteiger partial charge in [0, 0.05) is 24.5 Å². The number of fused-ring (bicyclic) bond motifs is 1. The summed E-state index contributed by atoms with van der Waals surface area (Å²) in [6.07, 6.45) is -5.04. The van der Waals surface area contributed by atoms with Crippen LogP contribution in [0.25, 0.3) is 0 Å². The van der Waals surface area contributed by atoms with Gasteiger partial charge in [0.1, 0.15) is 12.8 Å². The van der Waals surface area contributed by atoms with Gasteiger partial charge in [-0.3, -0.25) is 4.98 Å². The Morgan fingerprint density at radius 3 is 2.80 bits per heavy atom. The van der Waals surface area contributed by atoms with Crippen molar-refractivity contribution in [3.8, 4) is 5.75 Å². The van der Waals surface area contributed by atoms with Crippen molar-refractivity contribution in [3.05, 3.63) is 52.8 Å². The van der Waals surface area contributed by atoms with Gasteiger partial charge < -0.3 is 19.8 Å². The summed E-state index contributed by atoms with van der Waals surface area (Å²) in [7, 11) is 0. The Labute approximate surface area is 146 Å². The summed E-state index contributed by atoms with van der Waals surface area (Å²) in [4.78, 5) is 4.86. The van der Waals surface area contributed by atoms with Crippen LogP contribution in [-0.2, 0) is 6.54 Å². The molecule has 1 aromatic heterocycles. The first-order valence-electron chi connectivity index (χ1n) is 7.31. The van der Waals surface area contributed by atoms with Crippen LogP contribution >= 0.6 is 11.6 Å². The lowest BCUT2D eigenvalue weighted by Gasteiger charge is -2.40. The fourth-order valence-electron chi connectivity index (χ4n) is 2.64. The summed E-state index contributed by atoms with van der Waals surface area (Å²) in [6.45, 7) is -1.30. The Morgan fingerprint density at radius 1 is 1.36 bits per heavy atom. The molecule has 0 aliphatic carbocycles. The molecule has 1 aliphatic heterocycles. The van der Waals surface area contributed by atoms with Gasteiger partial charge in [0.25, 0.3) is 0 Å². The molecule has 0 saturated carbocycles. The second-order valence-electron chi connectivity index (χ2n) is 5.54. The zero-order chi connectivity index (χ0) is 18.2. The van der Waals surface area contributed by atoms with Crippen LogP contribution in [0.4, 0.5) is 18.9 Å². The average Bonchev–Trinajstić information content (AvgIpc) is 2.57. The number of benzene rings is 1. The fraction of sp³-hybridized carbons (Fsp3) is 0.312. The smallest absolute Gasteiger partial charge is 0.427 e. The van der Waals surface area contributed by atoms with E-state index in [1.807, 2.05) is 0 Å². The summed E-state index contributed by atoms with van der Waals surface area (Å²) in [6, 6.07) is 5.70. The maximum Gasteiger partial charge on any atom is 0.444 e. The van der Waals surface area contributed by atoms with E-state index in [-0.39, 0.29) is 23.5 Å². The maximum atomic E-state index is 14.1. The number of halogens is 4. The van der Waals surface area contributed by atoms with E-state index in [0.29, 0.717) is 10.6 Å². The number of ether oxygens (including phenoxy) is 1. The van der Waals surface area contributed by atoms with Gasteiger partial charge in [-0.15, -0.1) is 0 Å². The van der Waals surface area contributed by atoms with Crippen molar-refractivity contribution < 1.29 is 28.1 Å². The van der Waals surface area contributed by atoms with Crippen molar-refractivity contribution in [2.45, 2.75) is 25.0 Å². The molecule has 0 radical (unpaired) electrons. The number of rotatable bonds is 4. The van der Waals surface area contributed by atoms with Crippen molar-refractivity contribution in [1.29, 1.82) is 0 Å². The Hall–Kier alpha value is -2.03. The predicted octanol–water partition coefficient (Wildman–Crippen LogP) is 3.05. The van der Waals surface area contributed by atoms with Gasteiger partial charge >= 0.3 is 6.11 Å². The minimum absolute atomic E-state index is 0.100. The van der Waals surface area contributed by atoms with Crippen LogP contribution in [0, 0.1) is 0 Å². The van der Waals surface area contributed by atoms with E-state index in [0.717, 1.165) is 4.90 Å². The molecule has 9 heteroatoms. The quantitative estimate of drug-likeness (QED) is 0.861. The first-order valence-corrected chi connectivity index (χ1v) is 7.69. The van der Waals surface area contributed by atoms with Crippen LogP contribution < -0.4 is 9.64 Å². The predicted molar refractivity (Wildman–Crippen MR) is 84.4 cm³/mol. The number of hydrogen-bond acceptors (Lipinski definition) is 5. The van der Waals surface area contributed by atoms with Crippen LogP contribution in [0.15, 0.2) is 36.7 Å². The lowest BCUT2D eigenvalue weighted by atomic mass is 10.0. The molecule has 0 bridgehead atoms. The molecule has 2 atom stereocenters. The zero-order valence-electron chi connectivity index (χ0n) is 12.7. The second-order valence-corrected chi connectivity index (χ2v) is 5.98. The highest BCUT2D eigenvalue weighted by Gasteiger charge is 2.51. The monoisotopic (exact) mass is 374 g/mol. The van der Waals surface area contributed by atoms with Gasteiger partial charge in [-0.1, -0.05) is 23.7 Å². The van der Waals surface area contributed by atoms with E-state index < -0.39 is 25.1 Å². The summed E-state index contributed by atoms with van der Waals surface area (Å²) in [5.74, 6) is -0.377. The Kier molecular flexibility index (Phi) is 4.77. The normalized spacial score (nSPS) is 19.9. The molecule has 1 unspecified atom stereocenters. The van der Waals surface area contributed by atoms with Gasteiger partial charge in [0.2, 0.25) is 6.23 Å². The molecule has 25 heavy (non-hydrogen) atoms. The number of aromatic nitrogens is 1. The van der Waals surface area contributed by atoms with E-state index in [1.165, 1.54) is 36.7 Å². The molecule has 0 spiro atoms. The Morgan fingerprint density at radius 2 is 2.12 bits per heavy atom. The van der Waals surface area contributed by atoms with E-state index in [4.69, 9.17) is 11.6 Å². The molecular formula is C16H14ClF3N2O3. The molecule has 3 rings (SSSR count). The lowest BCUT2D eigenvalue weighted by molar-refractivity contribution is -0.246. The van der Waals surface area contributed by atoms with Crippen molar-refractivity contribution in [3.63, 3.8) is 0 Å². The molecular weight excluding hydrogens is 361 g/mol. The van der Waals surface area contributed by atoms with Gasteiger partial charge in [-0.05, 0) is 17.7 Å². The largest absolute Gasteiger partial charge is 0.444 e. The first-order chi connectivity index (χ1) is 11.8. The average molecular weight is 375 g/mol. The Bertz CT molecular complexity index is 778. The highest BCUT2D eigenvalue weighted by molar-refractivity contribution is 6.30. The number of aliphatic hydroxyl groups excluding tert-OH is 2. The Balaban J connectivity index is 2.07. The molecule has 134 valence electrons. The molecule has 0 saturated heterocycles. The molecule has 1 aliphatic rings. The minimum Gasteiger partial charge on any atom is -0.427 e. The van der Waals surface area contributed by atoms with E-state index in [9.17, 15) is 23.4 Å². The van der Waals surface area contributed by atoms with E-state index >= 15 is 0 Å². The summed E-state index contributed by atoms with van der Waals surface area (Å²) in [5.41, 5.74) is 0.454. The van der Waals surface area contributed by atoms with Gasteiger partial charge in [0.15, 0.2) is 5.75 Å². The van der Waals surface area contributed by atoms with Crippen molar-refractivity contribution in [1.82, 2.24) is 4.98 Å². The third-order valence-corrected chi connectivity index (χ3v) is 3.99. The SMILES string of the molecule is OC1N(Cc2cncc(Cl)c2)c2cccc([C@@H](O)CF)c2OC1(F)F. The number of aliphatic hydroxyl groups is 2.